The molecule has 0 aliphatic rings. The minimum Gasteiger partial charge on any atom is -0.272 e. The Balaban J connectivity index is 2.53. The molecule has 4 nitrogen and oxygen atoms in total. The molecule has 96 valence electrons. The van der Waals surface area contributed by atoms with Gasteiger partial charge >= 0.3 is 0 Å². The third-order valence-corrected chi connectivity index (χ3v) is 4.30. The van der Waals surface area contributed by atoms with E-state index in [1.807, 2.05) is 20.9 Å². The summed E-state index contributed by atoms with van der Waals surface area (Å²) in [5, 5.41) is 4.33. The minimum absolute atomic E-state index is 0.104. The molecule has 0 bridgehead atoms. The number of rotatable bonds is 2. The largest absolute Gasteiger partial charge is 0.272 e. The molecule has 0 fully saturated rings. The summed E-state index contributed by atoms with van der Waals surface area (Å²) in [6, 6.07) is 6.49. The molecule has 2 rings (SSSR count). The number of benzene rings is 1. The number of aryl methyl sites for hydroxylation is 2. The lowest BCUT2D eigenvalue weighted by Gasteiger charge is -2.03. The van der Waals surface area contributed by atoms with Crippen LogP contribution >= 0.6 is 10.7 Å². The van der Waals surface area contributed by atoms with Crippen molar-refractivity contribution in [2.75, 3.05) is 0 Å². The summed E-state index contributed by atoms with van der Waals surface area (Å²) in [7, 11) is 3.49. The molecule has 18 heavy (non-hydrogen) atoms. The van der Waals surface area contributed by atoms with Crippen LogP contribution in [0.3, 0.4) is 0 Å². The van der Waals surface area contributed by atoms with Gasteiger partial charge in [0, 0.05) is 29.0 Å². The van der Waals surface area contributed by atoms with Crippen LogP contribution in [0.5, 0.6) is 0 Å². The van der Waals surface area contributed by atoms with Gasteiger partial charge < -0.3 is 0 Å². The van der Waals surface area contributed by atoms with E-state index in [1.165, 1.54) is 12.1 Å². The van der Waals surface area contributed by atoms with Gasteiger partial charge in [-0.05, 0) is 31.5 Å². The third-order valence-electron chi connectivity index (χ3n) is 2.93. The molecule has 1 heterocycles. The average Bonchev–Trinajstić information content (AvgIpc) is 2.52. The van der Waals surface area contributed by atoms with Crippen LogP contribution < -0.4 is 0 Å². The molecule has 2 aromatic rings. The van der Waals surface area contributed by atoms with Crippen molar-refractivity contribution >= 4 is 19.7 Å². The van der Waals surface area contributed by atoms with Gasteiger partial charge in [0.2, 0.25) is 0 Å². The van der Waals surface area contributed by atoms with Gasteiger partial charge in [0.25, 0.3) is 9.05 Å². The van der Waals surface area contributed by atoms with Gasteiger partial charge in [-0.25, -0.2) is 8.42 Å². The summed E-state index contributed by atoms with van der Waals surface area (Å²) >= 11 is 0. The molecular weight excluding hydrogens is 272 g/mol. The van der Waals surface area contributed by atoms with Gasteiger partial charge in [-0.1, -0.05) is 12.1 Å². The van der Waals surface area contributed by atoms with Crippen molar-refractivity contribution in [1.82, 2.24) is 9.78 Å². The molecule has 0 radical (unpaired) electrons. The number of hydrogen-bond acceptors (Lipinski definition) is 3. The molecule has 1 aromatic carbocycles. The Morgan fingerprint density at radius 1 is 1.17 bits per heavy atom. The molecule has 0 saturated carbocycles. The summed E-state index contributed by atoms with van der Waals surface area (Å²) in [4.78, 5) is 0.104. The molecule has 0 saturated heterocycles. The van der Waals surface area contributed by atoms with E-state index in [9.17, 15) is 8.42 Å². The van der Waals surface area contributed by atoms with Crippen molar-refractivity contribution in [3.8, 4) is 11.1 Å². The monoisotopic (exact) mass is 284 g/mol. The highest BCUT2D eigenvalue weighted by Gasteiger charge is 2.13. The van der Waals surface area contributed by atoms with E-state index >= 15 is 0 Å². The second kappa shape index (κ2) is 4.40. The molecule has 6 heteroatoms. The Bertz CT molecular complexity index is 688. The number of hydrogen-bond donors (Lipinski definition) is 0. The van der Waals surface area contributed by atoms with Gasteiger partial charge in [-0.2, -0.15) is 5.10 Å². The first-order chi connectivity index (χ1) is 8.30. The normalized spacial score (nSPS) is 11.8. The van der Waals surface area contributed by atoms with Crippen LogP contribution in [-0.4, -0.2) is 18.2 Å². The quantitative estimate of drug-likeness (QED) is 0.797. The summed E-state index contributed by atoms with van der Waals surface area (Å²) < 4.78 is 24.1. The van der Waals surface area contributed by atoms with Crippen molar-refractivity contribution in [2.45, 2.75) is 18.7 Å². The molecule has 1 aromatic heterocycles. The lowest BCUT2D eigenvalue weighted by atomic mass is 10.0. The Labute approximate surface area is 111 Å². The molecule has 0 unspecified atom stereocenters. The standard InChI is InChI=1S/C12H13ClN2O2S/c1-8-12(9(2)15(3)14-8)10-4-6-11(7-5-10)18(13,16)17/h4-7H,1-3H3. The van der Waals surface area contributed by atoms with Gasteiger partial charge in [-0.3, -0.25) is 4.68 Å². The number of aromatic nitrogens is 2. The number of nitrogens with zero attached hydrogens (tertiary/aromatic N) is 2. The average molecular weight is 285 g/mol. The van der Waals surface area contributed by atoms with Crippen LogP contribution in [0.2, 0.25) is 0 Å². The highest BCUT2D eigenvalue weighted by atomic mass is 35.7. The third kappa shape index (κ3) is 2.28. The predicted octanol–water partition coefficient (Wildman–Crippen LogP) is 2.63. The zero-order valence-corrected chi connectivity index (χ0v) is 11.9. The maximum Gasteiger partial charge on any atom is 0.261 e. The number of halogens is 1. The lowest BCUT2D eigenvalue weighted by molar-refractivity contribution is 0.609. The van der Waals surface area contributed by atoms with Crippen molar-refractivity contribution in [2.24, 2.45) is 7.05 Å². The van der Waals surface area contributed by atoms with Crippen molar-refractivity contribution < 1.29 is 8.42 Å². The first kappa shape index (κ1) is 13.1. The van der Waals surface area contributed by atoms with E-state index in [-0.39, 0.29) is 4.90 Å². The summed E-state index contributed by atoms with van der Waals surface area (Å²) in [5.74, 6) is 0. The SMILES string of the molecule is Cc1nn(C)c(C)c1-c1ccc(S(=O)(=O)Cl)cc1. The summed E-state index contributed by atoms with van der Waals surface area (Å²) in [5.41, 5.74) is 3.91. The highest BCUT2D eigenvalue weighted by Crippen LogP contribution is 2.27. The maximum atomic E-state index is 11.2. The topological polar surface area (TPSA) is 52.0 Å². The van der Waals surface area contributed by atoms with Crippen molar-refractivity contribution in [3.63, 3.8) is 0 Å². The predicted molar refractivity (Wildman–Crippen MR) is 71.2 cm³/mol. The van der Waals surface area contributed by atoms with E-state index in [1.54, 1.807) is 16.8 Å². The highest BCUT2D eigenvalue weighted by molar-refractivity contribution is 8.13. The summed E-state index contributed by atoms with van der Waals surface area (Å²) in [6.45, 7) is 3.90. The van der Waals surface area contributed by atoms with E-state index in [0.29, 0.717) is 0 Å². The Kier molecular flexibility index (Phi) is 3.21. The van der Waals surface area contributed by atoms with E-state index in [4.69, 9.17) is 10.7 Å². The molecule has 0 aliphatic heterocycles. The Morgan fingerprint density at radius 2 is 1.72 bits per heavy atom. The van der Waals surface area contributed by atoms with E-state index in [0.717, 1.165) is 22.5 Å². The van der Waals surface area contributed by atoms with Crippen LogP contribution in [-0.2, 0) is 16.1 Å². The van der Waals surface area contributed by atoms with Gasteiger partial charge in [0.1, 0.15) is 0 Å². The van der Waals surface area contributed by atoms with Crippen LogP contribution in [0.4, 0.5) is 0 Å². The molecule has 0 aliphatic carbocycles. The van der Waals surface area contributed by atoms with Crippen LogP contribution in [0, 0.1) is 13.8 Å². The zero-order valence-electron chi connectivity index (χ0n) is 10.3. The second-order valence-electron chi connectivity index (χ2n) is 4.13. The minimum atomic E-state index is -3.67. The molecule has 0 atom stereocenters. The zero-order chi connectivity index (χ0) is 13.5. The van der Waals surface area contributed by atoms with Crippen molar-refractivity contribution in [1.29, 1.82) is 0 Å². The van der Waals surface area contributed by atoms with E-state index in [2.05, 4.69) is 5.10 Å². The Hall–Kier alpha value is -1.33. The van der Waals surface area contributed by atoms with Gasteiger partial charge in [0.15, 0.2) is 0 Å². The molecular formula is C12H13ClN2O2S. The second-order valence-corrected chi connectivity index (χ2v) is 6.70. The van der Waals surface area contributed by atoms with Crippen LogP contribution in [0.25, 0.3) is 11.1 Å². The Morgan fingerprint density at radius 3 is 2.11 bits per heavy atom. The fraction of sp³-hybridized carbons (Fsp3) is 0.250. The first-order valence-corrected chi connectivity index (χ1v) is 7.67. The molecule has 0 spiro atoms. The van der Waals surface area contributed by atoms with Gasteiger partial charge in [0.05, 0.1) is 10.6 Å². The first-order valence-electron chi connectivity index (χ1n) is 5.36. The van der Waals surface area contributed by atoms with Crippen LogP contribution in [0.15, 0.2) is 29.2 Å². The maximum absolute atomic E-state index is 11.2. The fourth-order valence-electron chi connectivity index (χ4n) is 1.98. The molecule has 0 N–H and O–H groups in total. The fourth-order valence-corrected chi connectivity index (χ4v) is 2.75. The van der Waals surface area contributed by atoms with Crippen molar-refractivity contribution in [3.05, 3.63) is 35.7 Å². The van der Waals surface area contributed by atoms with E-state index < -0.39 is 9.05 Å². The lowest BCUT2D eigenvalue weighted by Crippen LogP contribution is -1.93. The summed E-state index contributed by atoms with van der Waals surface area (Å²) in [6.07, 6.45) is 0. The smallest absolute Gasteiger partial charge is 0.261 e. The van der Waals surface area contributed by atoms with Gasteiger partial charge in [-0.15, -0.1) is 0 Å². The molecule has 0 amide bonds. The van der Waals surface area contributed by atoms with Crippen LogP contribution in [0.1, 0.15) is 11.4 Å².